The molecule has 0 atom stereocenters. The van der Waals surface area contributed by atoms with E-state index in [-0.39, 0.29) is 11.9 Å². The van der Waals surface area contributed by atoms with Gasteiger partial charge in [-0.15, -0.1) is 0 Å². The summed E-state index contributed by atoms with van der Waals surface area (Å²) in [6, 6.07) is 10.4. The highest BCUT2D eigenvalue weighted by molar-refractivity contribution is 6.29. The molecule has 0 amide bonds. The Morgan fingerprint density at radius 2 is 2.00 bits per heavy atom. The number of hydrogen-bond donors (Lipinski definition) is 0. The molecule has 98 valence electrons. The Hall–Kier alpha value is -1.87. The second-order valence-electron chi connectivity index (χ2n) is 4.39. The van der Waals surface area contributed by atoms with Gasteiger partial charge < -0.3 is 4.74 Å². The van der Waals surface area contributed by atoms with E-state index in [1.54, 1.807) is 30.3 Å². The van der Waals surface area contributed by atoms with E-state index in [0.717, 1.165) is 0 Å². The molecule has 0 bridgehead atoms. The lowest BCUT2D eigenvalue weighted by molar-refractivity contribution is 0.103. The Balaban J connectivity index is 2.26. The Bertz CT molecular complexity index is 579. The number of ketones is 1. The van der Waals surface area contributed by atoms with E-state index in [0.29, 0.717) is 22.0 Å². The van der Waals surface area contributed by atoms with Crippen molar-refractivity contribution in [2.24, 2.45) is 0 Å². The van der Waals surface area contributed by atoms with Crippen LogP contribution in [0, 0.1) is 0 Å². The fourth-order valence-corrected chi connectivity index (χ4v) is 1.77. The zero-order valence-corrected chi connectivity index (χ0v) is 11.5. The average Bonchev–Trinajstić information content (AvgIpc) is 2.38. The van der Waals surface area contributed by atoms with Crippen molar-refractivity contribution < 1.29 is 9.53 Å². The van der Waals surface area contributed by atoms with E-state index in [1.165, 1.54) is 6.20 Å². The van der Waals surface area contributed by atoms with Crippen LogP contribution in [-0.4, -0.2) is 16.9 Å². The third-order valence-corrected chi connectivity index (χ3v) is 2.68. The lowest BCUT2D eigenvalue weighted by Gasteiger charge is -2.10. The van der Waals surface area contributed by atoms with Gasteiger partial charge in [-0.25, -0.2) is 4.98 Å². The van der Waals surface area contributed by atoms with Crippen LogP contribution in [0.2, 0.25) is 5.15 Å². The smallest absolute Gasteiger partial charge is 0.194 e. The quantitative estimate of drug-likeness (QED) is 0.630. The minimum atomic E-state index is -0.0987. The van der Waals surface area contributed by atoms with E-state index < -0.39 is 0 Å². The highest BCUT2D eigenvalue weighted by Crippen LogP contribution is 2.18. The van der Waals surface area contributed by atoms with Crippen LogP contribution in [0.4, 0.5) is 0 Å². The van der Waals surface area contributed by atoms with Gasteiger partial charge in [0.2, 0.25) is 0 Å². The molecule has 0 fully saturated rings. The SMILES string of the molecule is CC(C)Oc1cccc(C(=O)c2ccc(Cl)nc2)c1. The number of rotatable bonds is 4. The zero-order chi connectivity index (χ0) is 13.8. The summed E-state index contributed by atoms with van der Waals surface area (Å²) in [7, 11) is 0. The normalized spacial score (nSPS) is 10.5. The fraction of sp³-hybridized carbons (Fsp3) is 0.200. The van der Waals surface area contributed by atoms with Crippen LogP contribution in [-0.2, 0) is 0 Å². The first kappa shape index (κ1) is 13.6. The lowest BCUT2D eigenvalue weighted by Crippen LogP contribution is -2.07. The van der Waals surface area contributed by atoms with Crippen molar-refractivity contribution in [3.05, 3.63) is 58.9 Å². The molecule has 0 saturated carbocycles. The van der Waals surface area contributed by atoms with E-state index in [4.69, 9.17) is 16.3 Å². The zero-order valence-electron chi connectivity index (χ0n) is 10.8. The molecule has 0 saturated heterocycles. The third-order valence-electron chi connectivity index (χ3n) is 2.46. The highest BCUT2D eigenvalue weighted by atomic mass is 35.5. The van der Waals surface area contributed by atoms with Crippen molar-refractivity contribution in [1.82, 2.24) is 4.98 Å². The molecule has 0 aliphatic carbocycles. The number of carbonyl (C=O) groups is 1. The number of hydrogen-bond acceptors (Lipinski definition) is 3. The summed E-state index contributed by atoms with van der Waals surface area (Å²) in [5, 5.41) is 0.369. The van der Waals surface area contributed by atoms with Gasteiger partial charge in [0.1, 0.15) is 10.9 Å². The molecule has 0 N–H and O–H groups in total. The van der Waals surface area contributed by atoms with Crippen LogP contribution in [0.3, 0.4) is 0 Å². The number of benzene rings is 1. The Morgan fingerprint density at radius 3 is 2.63 bits per heavy atom. The topological polar surface area (TPSA) is 39.2 Å². The summed E-state index contributed by atoms with van der Waals surface area (Å²) in [5.74, 6) is 0.584. The van der Waals surface area contributed by atoms with E-state index >= 15 is 0 Å². The Morgan fingerprint density at radius 1 is 1.21 bits per heavy atom. The number of nitrogens with zero attached hydrogens (tertiary/aromatic N) is 1. The van der Waals surface area contributed by atoms with E-state index in [9.17, 15) is 4.79 Å². The highest BCUT2D eigenvalue weighted by Gasteiger charge is 2.10. The van der Waals surface area contributed by atoms with Crippen molar-refractivity contribution >= 4 is 17.4 Å². The second-order valence-corrected chi connectivity index (χ2v) is 4.78. The Kier molecular flexibility index (Phi) is 4.17. The molecular weight excluding hydrogens is 262 g/mol. The summed E-state index contributed by atoms with van der Waals surface area (Å²) in [6.07, 6.45) is 1.54. The van der Waals surface area contributed by atoms with Crippen molar-refractivity contribution in [2.45, 2.75) is 20.0 Å². The van der Waals surface area contributed by atoms with Crippen molar-refractivity contribution in [3.8, 4) is 5.75 Å². The first-order chi connectivity index (χ1) is 9.06. The summed E-state index contributed by atoms with van der Waals surface area (Å²) in [5.41, 5.74) is 1.08. The maximum absolute atomic E-state index is 12.3. The molecule has 1 aromatic carbocycles. The minimum Gasteiger partial charge on any atom is -0.491 e. The standard InChI is InChI=1S/C15H14ClNO2/c1-10(2)19-13-5-3-4-11(8-13)15(18)12-6-7-14(16)17-9-12/h3-10H,1-2H3. The molecule has 3 nitrogen and oxygen atoms in total. The van der Waals surface area contributed by atoms with Crippen LogP contribution >= 0.6 is 11.6 Å². The number of aromatic nitrogens is 1. The van der Waals surface area contributed by atoms with Crippen molar-refractivity contribution in [3.63, 3.8) is 0 Å². The van der Waals surface area contributed by atoms with Gasteiger partial charge in [0, 0.05) is 17.3 Å². The molecular formula is C15H14ClNO2. The molecule has 0 radical (unpaired) electrons. The first-order valence-corrected chi connectivity index (χ1v) is 6.37. The van der Waals surface area contributed by atoms with Gasteiger partial charge in [0.25, 0.3) is 0 Å². The van der Waals surface area contributed by atoms with E-state index in [1.807, 2.05) is 19.9 Å². The number of pyridine rings is 1. The van der Waals surface area contributed by atoms with Crippen molar-refractivity contribution in [2.75, 3.05) is 0 Å². The van der Waals surface area contributed by atoms with Crippen LogP contribution in [0.1, 0.15) is 29.8 Å². The molecule has 1 aromatic heterocycles. The molecule has 4 heteroatoms. The summed E-state index contributed by atoms with van der Waals surface area (Å²) in [6.45, 7) is 3.88. The van der Waals surface area contributed by atoms with Gasteiger partial charge in [-0.2, -0.15) is 0 Å². The van der Waals surface area contributed by atoms with Crippen LogP contribution < -0.4 is 4.74 Å². The average molecular weight is 276 g/mol. The van der Waals surface area contributed by atoms with E-state index in [2.05, 4.69) is 4.98 Å². The maximum Gasteiger partial charge on any atom is 0.194 e. The summed E-state index contributed by atoms with van der Waals surface area (Å²) >= 11 is 5.70. The lowest BCUT2D eigenvalue weighted by atomic mass is 10.1. The molecule has 2 aromatic rings. The predicted octanol–water partition coefficient (Wildman–Crippen LogP) is 3.75. The summed E-state index contributed by atoms with van der Waals surface area (Å²) < 4.78 is 5.57. The van der Waals surface area contributed by atoms with Gasteiger partial charge in [-0.1, -0.05) is 23.7 Å². The molecule has 0 spiro atoms. The molecule has 2 rings (SSSR count). The van der Waals surface area contributed by atoms with Crippen LogP contribution in [0.25, 0.3) is 0 Å². The molecule has 19 heavy (non-hydrogen) atoms. The van der Waals surface area contributed by atoms with Crippen LogP contribution in [0.5, 0.6) is 5.75 Å². The minimum absolute atomic E-state index is 0.0718. The number of ether oxygens (including phenoxy) is 1. The van der Waals surface area contributed by atoms with Gasteiger partial charge in [0.05, 0.1) is 6.10 Å². The Labute approximate surface area is 117 Å². The van der Waals surface area contributed by atoms with Gasteiger partial charge in [-0.05, 0) is 38.1 Å². The molecule has 0 aliphatic rings. The molecule has 1 heterocycles. The van der Waals surface area contributed by atoms with Crippen LogP contribution in [0.15, 0.2) is 42.6 Å². The van der Waals surface area contributed by atoms with Crippen molar-refractivity contribution in [1.29, 1.82) is 0 Å². The second kappa shape index (κ2) is 5.85. The molecule has 0 unspecified atom stereocenters. The van der Waals surface area contributed by atoms with Gasteiger partial charge in [0.15, 0.2) is 5.78 Å². The largest absolute Gasteiger partial charge is 0.491 e. The monoisotopic (exact) mass is 275 g/mol. The number of halogens is 1. The fourth-order valence-electron chi connectivity index (χ4n) is 1.66. The maximum atomic E-state index is 12.3. The third kappa shape index (κ3) is 3.55. The summed E-state index contributed by atoms with van der Waals surface area (Å²) in [4.78, 5) is 16.2. The van der Waals surface area contributed by atoms with Gasteiger partial charge >= 0.3 is 0 Å². The van der Waals surface area contributed by atoms with Gasteiger partial charge in [-0.3, -0.25) is 4.79 Å². The predicted molar refractivity (Wildman–Crippen MR) is 74.9 cm³/mol. The first-order valence-electron chi connectivity index (χ1n) is 5.99. The molecule has 0 aliphatic heterocycles. The number of carbonyl (C=O) groups excluding carboxylic acids is 1.